The number of aromatic nitrogens is 1. The molecule has 2 aromatic heterocycles. The SMILES string of the molecule is O=C(Oc1cc(-c2ccc(-c3ccccc3)cc2)c2oc(=O)sc2c1)c1cccnc1. The lowest BCUT2D eigenvalue weighted by molar-refractivity contribution is 0.0734. The van der Waals surface area contributed by atoms with Gasteiger partial charge < -0.3 is 9.15 Å². The molecule has 150 valence electrons. The molecule has 5 aromatic rings. The van der Waals surface area contributed by atoms with E-state index >= 15 is 0 Å². The fourth-order valence-corrected chi connectivity index (χ4v) is 4.07. The molecule has 31 heavy (non-hydrogen) atoms. The molecule has 2 heterocycles. The fraction of sp³-hybridized carbons (Fsp3) is 0. The molecule has 0 radical (unpaired) electrons. The lowest BCUT2D eigenvalue weighted by Gasteiger charge is -2.09. The Morgan fingerprint density at radius 3 is 2.35 bits per heavy atom. The fourth-order valence-electron chi connectivity index (χ4n) is 3.35. The molecule has 0 bridgehead atoms. The molecule has 5 rings (SSSR count). The van der Waals surface area contributed by atoms with E-state index in [0.717, 1.165) is 28.0 Å². The number of nitrogens with zero attached hydrogens (tertiary/aromatic N) is 1. The molecular formula is C25H15NO4S. The first-order chi connectivity index (χ1) is 15.2. The maximum atomic E-state index is 12.5. The van der Waals surface area contributed by atoms with Gasteiger partial charge in [0.05, 0.1) is 10.3 Å². The standard InChI is InChI=1S/C25H15NO4S/c27-24(19-7-4-12-26-15-19)29-20-13-21(23-22(14-20)31-25(28)30-23)18-10-8-17(9-11-18)16-5-2-1-3-6-16/h1-15H. The Labute approximate surface area is 181 Å². The van der Waals surface area contributed by atoms with Crippen molar-refractivity contribution in [2.75, 3.05) is 0 Å². The van der Waals surface area contributed by atoms with Gasteiger partial charge in [-0.25, -0.2) is 9.59 Å². The van der Waals surface area contributed by atoms with Crippen LogP contribution in [0.3, 0.4) is 0 Å². The molecule has 0 saturated carbocycles. The Hall–Kier alpha value is -4.03. The summed E-state index contributed by atoms with van der Waals surface area (Å²) in [7, 11) is 0. The molecule has 5 nitrogen and oxygen atoms in total. The second kappa shape index (κ2) is 8.01. The van der Waals surface area contributed by atoms with Crippen molar-refractivity contribution in [3.63, 3.8) is 0 Å². The van der Waals surface area contributed by atoms with Gasteiger partial charge in [0.25, 0.3) is 0 Å². The maximum Gasteiger partial charge on any atom is 0.396 e. The van der Waals surface area contributed by atoms with Crippen LogP contribution >= 0.6 is 11.3 Å². The van der Waals surface area contributed by atoms with Crippen molar-refractivity contribution < 1.29 is 13.9 Å². The molecule has 0 amide bonds. The van der Waals surface area contributed by atoms with E-state index in [1.807, 2.05) is 54.6 Å². The van der Waals surface area contributed by atoms with Crippen LogP contribution in [0.15, 0.2) is 100 Å². The summed E-state index contributed by atoms with van der Waals surface area (Å²) < 4.78 is 11.6. The lowest BCUT2D eigenvalue weighted by atomic mass is 10.00. The normalized spacial score (nSPS) is 10.8. The zero-order chi connectivity index (χ0) is 21.2. The minimum atomic E-state index is -0.520. The minimum absolute atomic E-state index is 0.334. The molecule has 0 saturated heterocycles. The monoisotopic (exact) mass is 425 g/mol. The van der Waals surface area contributed by atoms with Gasteiger partial charge in [-0.2, -0.15) is 0 Å². The Morgan fingerprint density at radius 1 is 0.871 bits per heavy atom. The van der Waals surface area contributed by atoms with Gasteiger partial charge in [-0.15, -0.1) is 0 Å². The molecule has 0 fully saturated rings. The number of hydrogen-bond acceptors (Lipinski definition) is 6. The van der Waals surface area contributed by atoms with Crippen molar-refractivity contribution in [3.05, 3.63) is 107 Å². The van der Waals surface area contributed by atoms with Crippen molar-refractivity contribution in [3.8, 4) is 28.0 Å². The van der Waals surface area contributed by atoms with Crippen molar-refractivity contribution >= 4 is 27.6 Å². The van der Waals surface area contributed by atoms with Gasteiger partial charge in [0, 0.05) is 24.0 Å². The summed E-state index contributed by atoms with van der Waals surface area (Å²) in [6.45, 7) is 0. The van der Waals surface area contributed by atoms with Crippen molar-refractivity contribution in [2.24, 2.45) is 0 Å². The van der Waals surface area contributed by atoms with Crippen LogP contribution in [0.2, 0.25) is 0 Å². The average Bonchev–Trinajstić information content (AvgIpc) is 3.20. The lowest BCUT2D eigenvalue weighted by Crippen LogP contribution is -2.08. The second-order valence-electron chi connectivity index (χ2n) is 6.83. The third-order valence-corrected chi connectivity index (χ3v) is 5.59. The molecule has 0 aliphatic carbocycles. The zero-order valence-corrected chi connectivity index (χ0v) is 17.0. The number of ether oxygens (including phenoxy) is 1. The van der Waals surface area contributed by atoms with Crippen LogP contribution in [0.5, 0.6) is 5.75 Å². The number of hydrogen-bond donors (Lipinski definition) is 0. The third-order valence-electron chi connectivity index (χ3n) is 4.82. The Morgan fingerprint density at radius 2 is 1.61 bits per heavy atom. The smallest absolute Gasteiger partial charge is 0.396 e. The largest absolute Gasteiger partial charge is 0.423 e. The van der Waals surface area contributed by atoms with Crippen molar-refractivity contribution in [1.29, 1.82) is 0 Å². The van der Waals surface area contributed by atoms with E-state index in [9.17, 15) is 9.59 Å². The summed E-state index contributed by atoms with van der Waals surface area (Å²) in [4.78, 5) is 27.9. The number of benzene rings is 3. The van der Waals surface area contributed by atoms with Gasteiger partial charge in [0.2, 0.25) is 0 Å². The highest BCUT2D eigenvalue weighted by molar-refractivity contribution is 7.16. The molecular weight excluding hydrogens is 410 g/mol. The van der Waals surface area contributed by atoms with Crippen molar-refractivity contribution in [1.82, 2.24) is 4.98 Å². The third kappa shape index (κ3) is 3.89. The topological polar surface area (TPSA) is 69.4 Å². The van der Waals surface area contributed by atoms with E-state index in [2.05, 4.69) is 4.98 Å². The van der Waals surface area contributed by atoms with Gasteiger partial charge in [-0.05, 0) is 34.9 Å². The molecule has 0 spiro atoms. The first kappa shape index (κ1) is 19.0. The quantitative estimate of drug-likeness (QED) is 0.269. The Balaban J connectivity index is 1.55. The molecule has 0 aliphatic heterocycles. The van der Waals surface area contributed by atoms with Crippen LogP contribution in [0.25, 0.3) is 32.5 Å². The van der Waals surface area contributed by atoms with Gasteiger partial charge in [-0.1, -0.05) is 65.9 Å². The number of fused-ring (bicyclic) bond motifs is 1. The molecule has 0 unspecified atom stereocenters. The molecule has 0 aliphatic rings. The van der Waals surface area contributed by atoms with E-state index in [0.29, 0.717) is 27.2 Å². The predicted molar refractivity (Wildman–Crippen MR) is 120 cm³/mol. The van der Waals surface area contributed by atoms with Gasteiger partial charge in [0.15, 0.2) is 5.58 Å². The van der Waals surface area contributed by atoms with Gasteiger partial charge in [0.1, 0.15) is 5.75 Å². The van der Waals surface area contributed by atoms with Crippen LogP contribution in [0.1, 0.15) is 10.4 Å². The number of carbonyl (C=O) groups is 1. The number of esters is 1. The minimum Gasteiger partial charge on any atom is -0.423 e. The molecule has 0 atom stereocenters. The van der Waals surface area contributed by atoms with Crippen molar-refractivity contribution in [2.45, 2.75) is 0 Å². The molecule has 0 N–H and O–H groups in total. The highest BCUT2D eigenvalue weighted by atomic mass is 32.1. The highest BCUT2D eigenvalue weighted by Gasteiger charge is 2.16. The molecule has 3 aromatic carbocycles. The Bertz CT molecular complexity index is 1420. The zero-order valence-electron chi connectivity index (χ0n) is 16.1. The van der Waals surface area contributed by atoms with Gasteiger partial charge >= 0.3 is 10.9 Å². The van der Waals surface area contributed by atoms with Crippen LogP contribution < -0.4 is 9.68 Å². The van der Waals surface area contributed by atoms with Gasteiger partial charge in [-0.3, -0.25) is 4.98 Å². The van der Waals surface area contributed by atoms with E-state index in [1.165, 1.54) is 6.20 Å². The first-order valence-electron chi connectivity index (χ1n) is 9.53. The summed E-state index contributed by atoms with van der Waals surface area (Å²) in [6, 6.07) is 24.6. The number of pyridine rings is 1. The predicted octanol–water partition coefficient (Wildman–Crippen LogP) is 5.80. The van der Waals surface area contributed by atoms with Crippen LogP contribution in [-0.4, -0.2) is 11.0 Å². The summed E-state index contributed by atoms with van der Waals surface area (Å²) in [5, 5.41) is 0. The first-order valence-corrected chi connectivity index (χ1v) is 10.3. The number of carbonyl (C=O) groups excluding carboxylic acids is 1. The van der Waals surface area contributed by atoms with Crippen LogP contribution in [0.4, 0.5) is 0 Å². The van der Waals surface area contributed by atoms with E-state index in [4.69, 9.17) is 9.15 Å². The summed E-state index contributed by atoms with van der Waals surface area (Å²) in [6.07, 6.45) is 3.03. The molecule has 6 heteroatoms. The Kier molecular flexibility index (Phi) is 4.90. The second-order valence-corrected chi connectivity index (χ2v) is 7.80. The van der Waals surface area contributed by atoms with E-state index < -0.39 is 10.9 Å². The summed E-state index contributed by atoms with van der Waals surface area (Å²) >= 11 is 0.972. The van der Waals surface area contributed by atoms with Crippen LogP contribution in [-0.2, 0) is 0 Å². The number of rotatable bonds is 4. The summed E-state index contributed by atoms with van der Waals surface area (Å²) in [5.41, 5.74) is 4.54. The summed E-state index contributed by atoms with van der Waals surface area (Å²) in [5.74, 6) is -0.186. The average molecular weight is 425 g/mol. The maximum absolute atomic E-state index is 12.5. The van der Waals surface area contributed by atoms with E-state index in [1.54, 1.807) is 30.5 Å². The highest BCUT2D eigenvalue weighted by Crippen LogP contribution is 2.35. The van der Waals surface area contributed by atoms with E-state index in [-0.39, 0.29) is 0 Å². The van der Waals surface area contributed by atoms with Crippen LogP contribution in [0, 0.1) is 0 Å².